The maximum atomic E-state index is 8.13. The lowest BCUT2D eigenvalue weighted by atomic mass is 9.96. The van der Waals surface area contributed by atoms with Gasteiger partial charge in [-0.25, -0.2) is 0 Å². The van der Waals surface area contributed by atoms with Crippen LogP contribution in [-0.4, -0.2) is 31.1 Å². The second-order valence-corrected chi connectivity index (χ2v) is 3.67. The Morgan fingerprint density at radius 1 is 1.62 bits per heavy atom. The molecule has 1 saturated heterocycles. The molecule has 0 radical (unpaired) electrons. The number of hydrogen-bond donors (Lipinski definition) is 0. The van der Waals surface area contributed by atoms with Crippen molar-refractivity contribution in [1.82, 2.24) is 4.90 Å². The Balaban J connectivity index is 2.21. The largest absolute Gasteiger partial charge is 0.303 e. The molecule has 0 aromatic heterocycles. The van der Waals surface area contributed by atoms with E-state index < -0.39 is 0 Å². The highest BCUT2D eigenvalue weighted by Gasteiger charge is 2.17. The molecule has 74 valence electrons. The smallest absolute Gasteiger partial charge is 0.0385 e. The fourth-order valence-corrected chi connectivity index (χ4v) is 1.92. The topological polar surface area (TPSA) is 52.0 Å². The maximum absolute atomic E-state index is 8.13. The molecule has 0 aromatic carbocycles. The first kappa shape index (κ1) is 10.4. The highest BCUT2D eigenvalue weighted by molar-refractivity contribution is 4.72. The molecule has 0 amide bonds. The van der Waals surface area contributed by atoms with E-state index in [2.05, 4.69) is 21.8 Å². The number of azide groups is 1. The van der Waals surface area contributed by atoms with Crippen LogP contribution in [0.2, 0.25) is 0 Å². The van der Waals surface area contributed by atoms with Gasteiger partial charge in [0.1, 0.15) is 0 Å². The van der Waals surface area contributed by atoms with Gasteiger partial charge in [0, 0.05) is 24.5 Å². The summed E-state index contributed by atoms with van der Waals surface area (Å²) in [6.45, 7) is 6.17. The number of rotatable bonds is 4. The van der Waals surface area contributed by atoms with Crippen molar-refractivity contribution in [3.63, 3.8) is 0 Å². The second-order valence-electron chi connectivity index (χ2n) is 3.67. The summed E-state index contributed by atoms with van der Waals surface area (Å²) < 4.78 is 0. The van der Waals surface area contributed by atoms with Crippen LogP contribution in [0.1, 0.15) is 26.2 Å². The molecule has 0 aromatic rings. The summed E-state index contributed by atoms with van der Waals surface area (Å²) >= 11 is 0. The van der Waals surface area contributed by atoms with Crippen LogP contribution < -0.4 is 0 Å². The van der Waals surface area contributed by atoms with Crippen LogP contribution in [0.4, 0.5) is 0 Å². The zero-order valence-electron chi connectivity index (χ0n) is 8.32. The second kappa shape index (κ2) is 5.84. The van der Waals surface area contributed by atoms with Crippen LogP contribution in [0.25, 0.3) is 10.4 Å². The van der Waals surface area contributed by atoms with E-state index in [9.17, 15) is 0 Å². The third kappa shape index (κ3) is 3.66. The standard InChI is InChI=1S/C9H18N4/c1-2-9-4-3-6-13(8-9)7-5-11-12-10/h9H,2-8H2,1H3. The zero-order chi connectivity index (χ0) is 9.52. The van der Waals surface area contributed by atoms with Crippen molar-refractivity contribution in [1.29, 1.82) is 0 Å². The van der Waals surface area contributed by atoms with E-state index in [1.165, 1.54) is 32.4 Å². The molecule has 1 rings (SSSR count). The molecule has 1 heterocycles. The van der Waals surface area contributed by atoms with Crippen molar-refractivity contribution in [3.8, 4) is 0 Å². The normalized spacial score (nSPS) is 23.9. The molecule has 0 saturated carbocycles. The molecule has 4 heteroatoms. The molecular formula is C9H18N4. The van der Waals surface area contributed by atoms with Crippen LogP contribution in [-0.2, 0) is 0 Å². The van der Waals surface area contributed by atoms with Crippen LogP contribution in [0.3, 0.4) is 0 Å². The molecular weight excluding hydrogens is 164 g/mol. The summed E-state index contributed by atoms with van der Waals surface area (Å²) in [7, 11) is 0. The predicted molar refractivity (Wildman–Crippen MR) is 53.5 cm³/mol. The van der Waals surface area contributed by atoms with Crippen molar-refractivity contribution in [2.45, 2.75) is 26.2 Å². The Morgan fingerprint density at radius 3 is 3.15 bits per heavy atom. The van der Waals surface area contributed by atoms with Crippen molar-refractivity contribution in [2.24, 2.45) is 11.0 Å². The van der Waals surface area contributed by atoms with Crippen molar-refractivity contribution in [3.05, 3.63) is 10.4 Å². The van der Waals surface area contributed by atoms with Gasteiger partial charge in [0.2, 0.25) is 0 Å². The molecule has 1 fully saturated rings. The van der Waals surface area contributed by atoms with E-state index >= 15 is 0 Å². The van der Waals surface area contributed by atoms with Gasteiger partial charge in [0.25, 0.3) is 0 Å². The number of likely N-dealkylation sites (tertiary alicyclic amines) is 1. The molecule has 0 bridgehead atoms. The minimum atomic E-state index is 0.618. The van der Waals surface area contributed by atoms with Crippen LogP contribution in [0.5, 0.6) is 0 Å². The van der Waals surface area contributed by atoms with Gasteiger partial charge >= 0.3 is 0 Å². The summed E-state index contributed by atoms with van der Waals surface area (Å²) in [6.07, 6.45) is 3.95. The van der Waals surface area contributed by atoms with Crippen LogP contribution >= 0.6 is 0 Å². The van der Waals surface area contributed by atoms with Gasteiger partial charge < -0.3 is 4.90 Å². The minimum Gasteiger partial charge on any atom is -0.303 e. The number of piperidine rings is 1. The minimum absolute atomic E-state index is 0.618. The van der Waals surface area contributed by atoms with Gasteiger partial charge in [0.15, 0.2) is 0 Å². The van der Waals surface area contributed by atoms with Crippen LogP contribution in [0.15, 0.2) is 5.11 Å². The Kier molecular flexibility index (Phi) is 4.65. The Labute approximate surface area is 79.5 Å². The molecule has 1 atom stereocenters. The van der Waals surface area contributed by atoms with E-state index in [0.29, 0.717) is 6.54 Å². The van der Waals surface area contributed by atoms with Gasteiger partial charge in [-0.05, 0) is 30.8 Å². The summed E-state index contributed by atoms with van der Waals surface area (Å²) in [6, 6.07) is 0. The Morgan fingerprint density at radius 2 is 2.46 bits per heavy atom. The molecule has 0 spiro atoms. The summed E-state index contributed by atoms with van der Waals surface area (Å²) in [5, 5.41) is 3.56. The monoisotopic (exact) mass is 182 g/mol. The summed E-state index contributed by atoms with van der Waals surface area (Å²) in [4.78, 5) is 5.17. The van der Waals surface area contributed by atoms with Gasteiger partial charge in [0.05, 0.1) is 0 Å². The molecule has 1 aliphatic rings. The molecule has 13 heavy (non-hydrogen) atoms. The molecule has 0 aliphatic carbocycles. The van der Waals surface area contributed by atoms with Crippen LogP contribution in [0, 0.1) is 5.92 Å². The first-order valence-corrected chi connectivity index (χ1v) is 5.10. The highest BCUT2D eigenvalue weighted by atomic mass is 15.2. The summed E-state index contributed by atoms with van der Waals surface area (Å²) in [5.41, 5.74) is 8.13. The summed E-state index contributed by atoms with van der Waals surface area (Å²) in [5.74, 6) is 0.861. The quantitative estimate of drug-likeness (QED) is 0.374. The van der Waals surface area contributed by atoms with Crippen molar-refractivity contribution >= 4 is 0 Å². The van der Waals surface area contributed by atoms with Gasteiger partial charge in [-0.15, -0.1) is 0 Å². The third-order valence-corrected chi connectivity index (χ3v) is 2.76. The van der Waals surface area contributed by atoms with E-state index in [0.717, 1.165) is 12.5 Å². The van der Waals surface area contributed by atoms with Gasteiger partial charge in [-0.3, -0.25) is 0 Å². The zero-order valence-corrected chi connectivity index (χ0v) is 8.32. The maximum Gasteiger partial charge on any atom is 0.0385 e. The average molecular weight is 182 g/mol. The third-order valence-electron chi connectivity index (χ3n) is 2.76. The molecule has 4 nitrogen and oxygen atoms in total. The molecule has 0 N–H and O–H groups in total. The van der Waals surface area contributed by atoms with Crippen molar-refractivity contribution in [2.75, 3.05) is 26.2 Å². The fraction of sp³-hybridized carbons (Fsp3) is 1.00. The molecule has 1 unspecified atom stereocenters. The SMILES string of the molecule is CCC1CCCN(CCN=[N+]=[N-])C1. The Bertz CT molecular complexity index is 186. The lowest BCUT2D eigenvalue weighted by Gasteiger charge is -2.31. The average Bonchev–Trinajstić information content (AvgIpc) is 2.19. The van der Waals surface area contributed by atoms with Crippen molar-refractivity contribution < 1.29 is 0 Å². The number of nitrogens with zero attached hydrogens (tertiary/aromatic N) is 4. The fourth-order valence-electron chi connectivity index (χ4n) is 1.92. The Hall–Kier alpha value is -0.730. The first-order chi connectivity index (χ1) is 6.36. The predicted octanol–water partition coefficient (Wildman–Crippen LogP) is 2.42. The van der Waals surface area contributed by atoms with E-state index in [1.807, 2.05) is 0 Å². The highest BCUT2D eigenvalue weighted by Crippen LogP contribution is 2.18. The van der Waals surface area contributed by atoms with E-state index in [-0.39, 0.29) is 0 Å². The van der Waals surface area contributed by atoms with E-state index in [1.54, 1.807) is 0 Å². The van der Waals surface area contributed by atoms with E-state index in [4.69, 9.17) is 5.53 Å². The molecule has 1 aliphatic heterocycles. The first-order valence-electron chi connectivity index (χ1n) is 5.10. The lowest BCUT2D eigenvalue weighted by Crippen LogP contribution is -2.36. The number of hydrogen-bond acceptors (Lipinski definition) is 2. The van der Waals surface area contributed by atoms with Gasteiger partial charge in [-0.1, -0.05) is 18.5 Å². The van der Waals surface area contributed by atoms with Gasteiger partial charge in [-0.2, -0.15) is 0 Å². The lowest BCUT2D eigenvalue weighted by molar-refractivity contribution is 0.176.